The molecule has 1 heterocycles. The number of hydrogen-bond donors (Lipinski definition) is 0. The Labute approximate surface area is 319 Å². The Morgan fingerprint density at radius 3 is 2.34 bits per heavy atom. The van der Waals surface area contributed by atoms with Gasteiger partial charge >= 0.3 is 0 Å². The normalized spacial score (nSPS) is 16.8. The minimum absolute atomic E-state index is 0.101. The first-order valence-electron chi connectivity index (χ1n) is 18.7. The number of hydrogen-bond acceptors (Lipinski definition) is 2. The summed E-state index contributed by atoms with van der Waals surface area (Å²) in [6.07, 6.45) is 25.5. The van der Waals surface area contributed by atoms with Crippen LogP contribution in [-0.2, 0) is 5.41 Å². The number of anilines is 2. The Morgan fingerprint density at radius 1 is 0.755 bits per heavy atom. The fourth-order valence-electron chi connectivity index (χ4n) is 8.18. The minimum atomic E-state index is -0.101. The molecule has 0 fully saturated rings. The first-order chi connectivity index (χ1) is 26.0. The van der Waals surface area contributed by atoms with E-state index in [9.17, 15) is 0 Å². The molecule has 0 aromatic heterocycles. The van der Waals surface area contributed by atoms with Crippen LogP contribution in [0.5, 0.6) is 0 Å². The van der Waals surface area contributed by atoms with Crippen LogP contribution in [0.2, 0.25) is 0 Å². The second kappa shape index (κ2) is 14.8. The number of allylic oxidation sites excluding steroid dienone is 12. The van der Waals surface area contributed by atoms with Crippen molar-refractivity contribution in [1.29, 1.82) is 0 Å². The van der Waals surface area contributed by atoms with Crippen molar-refractivity contribution in [3.63, 3.8) is 0 Å². The van der Waals surface area contributed by atoms with Gasteiger partial charge in [0.2, 0.25) is 0 Å². The molecule has 53 heavy (non-hydrogen) atoms. The number of benzene rings is 5. The molecule has 3 aliphatic rings. The maximum absolute atomic E-state index is 3.77. The van der Waals surface area contributed by atoms with Crippen molar-refractivity contribution in [2.45, 2.75) is 49.8 Å². The summed E-state index contributed by atoms with van der Waals surface area (Å²) in [6.45, 7) is 10.6. The first kappa shape index (κ1) is 34.5. The third kappa shape index (κ3) is 6.43. The molecule has 0 amide bonds. The molecule has 0 N–H and O–H groups in total. The van der Waals surface area contributed by atoms with Gasteiger partial charge in [0.25, 0.3) is 0 Å². The Kier molecular flexibility index (Phi) is 9.65. The maximum Gasteiger partial charge on any atom is 0.0468 e. The van der Waals surface area contributed by atoms with Crippen LogP contribution in [-0.4, -0.2) is 0 Å². The van der Waals surface area contributed by atoms with Crippen molar-refractivity contribution in [3.05, 3.63) is 210 Å². The molecule has 5 aromatic rings. The number of rotatable bonds is 10. The van der Waals surface area contributed by atoms with E-state index < -0.39 is 0 Å². The lowest BCUT2D eigenvalue weighted by molar-refractivity contribution is 0.660. The Morgan fingerprint density at radius 2 is 1.51 bits per heavy atom. The van der Waals surface area contributed by atoms with Crippen LogP contribution < -0.4 is 4.90 Å². The third-order valence-corrected chi connectivity index (χ3v) is 12.1. The standard InChI is InChI=1S/C51H45NS/c1-5-7-8-9-10-11-15-23-37(6-2)52(39-31-33-42-41-24-16-18-28-47(41)51(3,4)48(42)35-39)38-30-32-40(46(34-38)36-21-13-12-14-22-36)44-26-20-27-45-43-25-17-19-29-49(43)53-50(44)45/h5-10,12-24,26-35,43H,1,11,25H2,2-4H3/b8-7-,10-9+,23-15-,37-6+. The summed E-state index contributed by atoms with van der Waals surface area (Å²) in [5, 5.41) is 0. The molecule has 1 nitrogen and oxygen atoms in total. The number of thioether (sulfide) groups is 1. The van der Waals surface area contributed by atoms with Gasteiger partial charge in [-0.05, 0) is 105 Å². The highest BCUT2D eigenvalue weighted by atomic mass is 32.2. The largest absolute Gasteiger partial charge is 0.311 e. The highest BCUT2D eigenvalue weighted by molar-refractivity contribution is 8.03. The predicted octanol–water partition coefficient (Wildman–Crippen LogP) is 14.6. The van der Waals surface area contributed by atoms with Crippen LogP contribution in [0.3, 0.4) is 0 Å². The van der Waals surface area contributed by atoms with Crippen molar-refractivity contribution in [1.82, 2.24) is 0 Å². The van der Waals surface area contributed by atoms with E-state index in [0.29, 0.717) is 5.92 Å². The molecule has 2 aliphatic carbocycles. The molecule has 0 radical (unpaired) electrons. The molecule has 1 unspecified atom stereocenters. The summed E-state index contributed by atoms with van der Waals surface area (Å²) < 4.78 is 0. The highest BCUT2D eigenvalue weighted by Crippen LogP contribution is 2.56. The topological polar surface area (TPSA) is 3.24 Å². The van der Waals surface area contributed by atoms with E-state index in [-0.39, 0.29) is 5.41 Å². The van der Waals surface area contributed by atoms with E-state index >= 15 is 0 Å². The second-order valence-electron chi connectivity index (χ2n) is 14.3. The molecule has 2 heteroatoms. The van der Waals surface area contributed by atoms with Crippen LogP contribution in [0.25, 0.3) is 33.4 Å². The van der Waals surface area contributed by atoms with Gasteiger partial charge in [-0.15, -0.1) is 0 Å². The van der Waals surface area contributed by atoms with E-state index in [1.54, 1.807) is 6.08 Å². The van der Waals surface area contributed by atoms with Gasteiger partial charge in [-0.3, -0.25) is 0 Å². The molecule has 0 saturated heterocycles. The van der Waals surface area contributed by atoms with Crippen LogP contribution in [0.4, 0.5) is 11.4 Å². The Bertz CT molecular complexity index is 2380. The van der Waals surface area contributed by atoms with Gasteiger partial charge in [0.1, 0.15) is 0 Å². The lowest BCUT2D eigenvalue weighted by Crippen LogP contribution is -2.18. The van der Waals surface area contributed by atoms with Crippen LogP contribution >= 0.6 is 11.8 Å². The molecule has 0 spiro atoms. The lowest BCUT2D eigenvalue weighted by atomic mass is 9.82. The van der Waals surface area contributed by atoms with E-state index in [4.69, 9.17) is 0 Å². The molecule has 5 aromatic carbocycles. The summed E-state index contributed by atoms with van der Waals surface area (Å²) in [6, 6.07) is 40.8. The van der Waals surface area contributed by atoms with E-state index in [1.807, 2.05) is 23.9 Å². The number of fused-ring (bicyclic) bond motifs is 6. The fraction of sp³-hybridized carbons (Fsp3) is 0.137. The summed E-state index contributed by atoms with van der Waals surface area (Å²) >= 11 is 1.95. The molecule has 0 saturated carbocycles. The minimum Gasteiger partial charge on any atom is -0.311 e. The fourth-order valence-corrected chi connectivity index (χ4v) is 9.54. The Balaban J connectivity index is 1.27. The summed E-state index contributed by atoms with van der Waals surface area (Å²) in [7, 11) is 0. The smallest absolute Gasteiger partial charge is 0.0468 e. The van der Waals surface area contributed by atoms with Crippen LogP contribution in [0, 0.1) is 0 Å². The zero-order chi connectivity index (χ0) is 36.4. The second-order valence-corrected chi connectivity index (χ2v) is 15.4. The Hall–Kier alpha value is -5.57. The molecule has 0 bridgehead atoms. The van der Waals surface area contributed by atoms with Crippen molar-refractivity contribution in [2.75, 3.05) is 4.90 Å². The molecule has 1 aliphatic heterocycles. The van der Waals surface area contributed by atoms with Crippen LogP contribution in [0.15, 0.2) is 198 Å². The summed E-state index contributed by atoms with van der Waals surface area (Å²) in [5.41, 5.74) is 15.2. The summed E-state index contributed by atoms with van der Waals surface area (Å²) in [5.74, 6) is 0.460. The average Bonchev–Trinajstić information content (AvgIpc) is 3.69. The number of nitrogens with zero attached hydrogens (tertiary/aromatic N) is 1. The van der Waals surface area contributed by atoms with Crippen molar-refractivity contribution in [3.8, 4) is 33.4 Å². The molecule has 1 atom stereocenters. The average molecular weight is 704 g/mol. The SMILES string of the molecule is C=C/C=C\C=C\C/C=C\C(=C/C)N(c1ccc(-c2cccc3c2SC2=CC=CCC23)c(-c2ccccc2)c1)c1ccc2c(c1)C(C)(C)c1ccccc1-2. The molecule has 260 valence electrons. The van der Waals surface area contributed by atoms with Crippen molar-refractivity contribution >= 4 is 23.1 Å². The van der Waals surface area contributed by atoms with Gasteiger partial charge in [-0.1, -0.05) is 178 Å². The zero-order valence-corrected chi connectivity index (χ0v) is 31.6. The van der Waals surface area contributed by atoms with E-state index in [1.165, 1.54) is 59.9 Å². The van der Waals surface area contributed by atoms with E-state index in [2.05, 4.69) is 190 Å². The lowest BCUT2D eigenvalue weighted by Gasteiger charge is -2.29. The predicted molar refractivity (Wildman–Crippen MR) is 230 cm³/mol. The van der Waals surface area contributed by atoms with Crippen molar-refractivity contribution < 1.29 is 0 Å². The third-order valence-electron chi connectivity index (χ3n) is 10.8. The van der Waals surface area contributed by atoms with Crippen LogP contribution in [0.1, 0.15) is 56.2 Å². The van der Waals surface area contributed by atoms with Gasteiger partial charge in [-0.2, -0.15) is 0 Å². The summed E-state index contributed by atoms with van der Waals surface area (Å²) in [4.78, 5) is 5.28. The molecular formula is C51H45NS. The van der Waals surface area contributed by atoms with Gasteiger partial charge in [0.05, 0.1) is 0 Å². The monoisotopic (exact) mass is 703 g/mol. The van der Waals surface area contributed by atoms with Gasteiger partial charge < -0.3 is 4.90 Å². The van der Waals surface area contributed by atoms with Gasteiger partial charge in [0, 0.05) is 33.3 Å². The first-order valence-corrected chi connectivity index (χ1v) is 19.5. The quantitative estimate of drug-likeness (QED) is 0.133. The molecular weight excluding hydrogens is 659 g/mol. The van der Waals surface area contributed by atoms with Gasteiger partial charge in [-0.25, -0.2) is 0 Å². The van der Waals surface area contributed by atoms with Crippen molar-refractivity contribution in [2.24, 2.45) is 0 Å². The highest BCUT2D eigenvalue weighted by Gasteiger charge is 2.36. The van der Waals surface area contributed by atoms with Gasteiger partial charge in [0.15, 0.2) is 0 Å². The van der Waals surface area contributed by atoms with E-state index in [0.717, 1.165) is 29.9 Å². The zero-order valence-electron chi connectivity index (χ0n) is 30.8. The molecule has 8 rings (SSSR count). The maximum atomic E-state index is 3.77.